The van der Waals surface area contributed by atoms with Crippen LogP contribution in [0.3, 0.4) is 0 Å². The van der Waals surface area contributed by atoms with E-state index in [0.29, 0.717) is 11.9 Å². The lowest BCUT2D eigenvalue weighted by atomic mass is 9.84. The first-order valence-electron chi connectivity index (χ1n) is 6.56. The Morgan fingerprint density at radius 2 is 2.00 bits per heavy atom. The van der Waals surface area contributed by atoms with Crippen LogP contribution in [-0.4, -0.2) is 44.6 Å². The molecule has 2 radical (unpaired) electrons. The van der Waals surface area contributed by atoms with Gasteiger partial charge in [-0.05, 0) is 26.8 Å². The third kappa shape index (κ3) is 3.49. The third-order valence-electron chi connectivity index (χ3n) is 3.89. The molecular formula is C13H26BNO. The van der Waals surface area contributed by atoms with Gasteiger partial charge in [-0.15, -0.1) is 0 Å². The van der Waals surface area contributed by atoms with Crippen LogP contribution in [0.25, 0.3) is 0 Å². The number of nitrogens with zero attached hydrogens (tertiary/aromatic N) is 1. The van der Waals surface area contributed by atoms with Crippen molar-refractivity contribution in [2.45, 2.75) is 63.9 Å². The van der Waals surface area contributed by atoms with E-state index < -0.39 is 0 Å². The summed E-state index contributed by atoms with van der Waals surface area (Å²) < 4.78 is 5.33. The molecule has 0 spiro atoms. The number of ether oxygens (including phenoxy) is 1. The van der Waals surface area contributed by atoms with E-state index in [1.54, 1.807) is 0 Å². The van der Waals surface area contributed by atoms with Crippen LogP contribution in [0.2, 0.25) is 5.82 Å². The molecule has 0 aromatic carbocycles. The van der Waals surface area contributed by atoms with Gasteiger partial charge >= 0.3 is 0 Å². The molecule has 0 aromatic heterocycles. The largest absolute Gasteiger partial charge is 0.377 e. The molecule has 92 valence electrons. The van der Waals surface area contributed by atoms with Gasteiger partial charge in [0.15, 0.2) is 0 Å². The second kappa shape index (κ2) is 6.06. The minimum absolute atomic E-state index is 0.273. The zero-order valence-corrected chi connectivity index (χ0v) is 11.3. The summed E-state index contributed by atoms with van der Waals surface area (Å²) >= 11 is 0. The number of rotatable bonds is 7. The van der Waals surface area contributed by atoms with Crippen molar-refractivity contribution >= 4 is 7.85 Å². The van der Waals surface area contributed by atoms with Crippen molar-refractivity contribution in [1.29, 1.82) is 0 Å². The Hall–Kier alpha value is -0.0151. The van der Waals surface area contributed by atoms with Gasteiger partial charge < -0.3 is 4.74 Å². The Morgan fingerprint density at radius 3 is 2.38 bits per heavy atom. The second-order valence-corrected chi connectivity index (χ2v) is 5.57. The number of likely N-dealkylation sites (N-methyl/N-ethyl adjacent to an activating group) is 1. The molecule has 2 atom stereocenters. The van der Waals surface area contributed by atoms with Crippen molar-refractivity contribution in [1.82, 2.24) is 4.90 Å². The molecule has 1 fully saturated rings. The fourth-order valence-corrected chi connectivity index (χ4v) is 2.39. The predicted molar refractivity (Wildman–Crippen MR) is 70.1 cm³/mol. The summed E-state index contributed by atoms with van der Waals surface area (Å²) in [5, 5.41) is 0. The number of hydrogen-bond acceptors (Lipinski definition) is 2. The van der Waals surface area contributed by atoms with E-state index in [2.05, 4.69) is 32.7 Å². The Bertz CT molecular complexity index is 204. The lowest BCUT2D eigenvalue weighted by Crippen LogP contribution is -2.61. The van der Waals surface area contributed by atoms with Crippen molar-refractivity contribution in [2.24, 2.45) is 0 Å². The van der Waals surface area contributed by atoms with Gasteiger partial charge in [-0.2, -0.15) is 0 Å². The highest BCUT2D eigenvalue weighted by Gasteiger charge is 2.39. The molecule has 0 N–H and O–H groups in total. The van der Waals surface area contributed by atoms with E-state index >= 15 is 0 Å². The van der Waals surface area contributed by atoms with E-state index in [1.807, 2.05) is 0 Å². The maximum absolute atomic E-state index is 5.79. The maximum Gasteiger partial charge on any atom is 0.0695 e. The molecule has 1 aliphatic rings. The Kier molecular flexibility index (Phi) is 5.32. The van der Waals surface area contributed by atoms with Crippen molar-refractivity contribution < 1.29 is 4.74 Å². The summed E-state index contributed by atoms with van der Waals surface area (Å²) in [6.45, 7) is 8.42. The van der Waals surface area contributed by atoms with Crippen molar-refractivity contribution in [3.8, 4) is 0 Å². The second-order valence-electron chi connectivity index (χ2n) is 5.57. The molecule has 0 aromatic rings. The van der Waals surface area contributed by atoms with Crippen LogP contribution in [0.4, 0.5) is 0 Å². The highest BCUT2D eigenvalue weighted by molar-refractivity contribution is 6.11. The molecule has 1 aliphatic heterocycles. The van der Waals surface area contributed by atoms with Gasteiger partial charge in [0.05, 0.1) is 26.6 Å². The monoisotopic (exact) mass is 223 g/mol. The molecule has 1 saturated heterocycles. The van der Waals surface area contributed by atoms with E-state index in [-0.39, 0.29) is 5.54 Å². The van der Waals surface area contributed by atoms with E-state index in [4.69, 9.17) is 12.6 Å². The molecule has 1 rings (SSSR count). The lowest BCUT2D eigenvalue weighted by Gasteiger charge is -2.49. The van der Waals surface area contributed by atoms with E-state index in [1.165, 1.54) is 19.3 Å². The molecule has 1 heterocycles. The maximum atomic E-state index is 5.79. The molecule has 2 nitrogen and oxygen atoms in total. The number of hydrogen-bond donors (Lipinski definition) is 0. The van der Waals surface area contributed by atoms with Crippen molar-refractivity contribution in [3.63, 3.8) is 0 Å². The molecule has 16 heavy (non-hydrogen) atoms. The van der Waals surface area contributed by atoms with Crippen molar-refractivity contribution in [2.75, 3.05) is 20.3 Å². The molecule has 0 bridgehead atoms. The van der Waals surface area contributed by atoms with Crippen LogP contribution < -0.4 is 0 Å². The SMILES string of the molecule is [B]C(C)CCCC(CC)N(C)C1(C)COC1. The standard InChI is InChI=1S/C13H26BNO/c1-5-12(8-6-7-11(2)14)15(4)13(3)9-16-10-13/h11-12H,5-10H2,1-4H3. The Balaban J connectivity index is 2.34. The molecule has 0 aliphatic carbocycles. The first kappa shape index (κ1) is 14.0. The minimum atomic E-state index is 0.273. The third-order valence-corrected chi connectivity index (χ3v) is 3.89. The normalized spacial score (nSPS) is 22.8. The molecule has 0 amide bonds. The first-order valence-corrected chi connectivity index (χ1v) is 6.56. The van der Waals surface area contributed by atoms with Crippen LogP contribution in [0.5, 0.6) is 0 Å². The van der Waals surface area contributed by atoms with Gasteiger partial charge in [0, 0.05) is 6.04 Å². The average molecular weight is 223 g/mol. The average Bonchev–Trinajstić information content (AvgIpc) is 2.19. The summed E-state index contributed by atoms with van der Waals surface area (Å²) in [6.07, 6.45) is 4.84. The summed E-state index contributed by atoms with van der Waals surface area (Å²) in [6, 6.07) is 0.674. The van der Waals surface area contributed by atoms with Gasteiger partial charge in [0.25, 0.3) is 0 Å². The predicted octanol–water partition coefficient (Wildman–Crippen LogP) is 2.63. The molecular weight excluding hydrogens is 197 g/mol. The Labute approximate surface area is 102 Å². The molecule has 2 unspecified atom stereocenters. The fourth-order valence-electron chi connectivity index (χ4n) is 2.39. The van der Waals surface area contributed by atoms with E-state index in [0.717, 1.165) is 19.6 Å². The first-order chi connectivity index (χ1) is 7.49. The van der Waals surface area contributed by atoms with Gasteiger partial charge in [0.1, 0.15) is 0 Å². The highest BCUT2D eigenvalue weighted by Crippen LogP contribution is 2.28. The van der Waals surface area contributed by atoms with Gasteiger partial charge in [-0.25, -0.2) is 0 Å². The quantitative estimate of drug-likeness (QED) is 0.615. The summed E-state index contributed by atoms with van der Waals surface area (Å²) in [4.78, 5) is 2.51. The topological polar surface area (TPSA) is 12.5 Å². The van der Waals surface area contributed by atoms with Crippen LogP contribution in [0.1, 0.15) is 46.5 Å². The van der Waals surface area contributed by atoms with Crippen LogP contribution >= 0.6 is 0 Å². The van der Waals surface area contributed by atoms with Crippen LogP contribution in [-0.2, 0) is 4.74 Å². The van der Waals surface area contributed by atoms with Crippen LogP contribution in [0.15, 0.2) is 0 Å². The van der Waals surface area contributed by atoms with Crippen LogP contribution in [0, 0.1) is 0 Å². The summed E-state index contributed by atoms with van der Waals surface area (Å²) in [5.74, 6) is 0.338. The van der Waals surface area contributed by atoms with Gasteiger partial charge in [-0.1, -0.05) is 32.5 Å². The molecule has 3 heteroatoms. The zero-order chi connectivity index (χ0) is 12.2. The summed E-state index contributed by atoms with van der Waals surface area (Å²) in [5.41, 5.74) is 0.273. The fraction of sp³-hybridized carbons (Fsp3) is 1.00. The smallest absolute Gasteiger partial charge is 0.0695 e. The summed E-state index contributed by atoms with van der Waals surface area (Å²) in [7, 11) is 8.02. The van der Waals surface area contributed by atoms with Crippen molar-refractivity contribution in [3.05, 3.63) is 0 Å². The highest BCUT2D eigenvalue weighted by atomic mass is 16.5. The Morgan fingerprint density at radius 1 is 1.38 bits per heavy atom. The van der Waals surface area contributed by atoms with Gasteiger partial charge in [0.2, 0.25) is 0 Å². The van der Waals surface area contributed by atoms with E-state index in [9.17, 15) is 0 Å². The zero-order valence-electron chi connectivity index (χ0n) is 11.3. The van der Waals surface area contributed by atoms with Gasteiger partial charge in [-0.3, -0.25) is 4.90 Å². The minimum Gasteiger partial charge on any atom is -0.377 e. The molecule has 0 saturated carbocycles. The lowest BCUT2D eigenvalue weighted by molar-refractivity contribution is -0.135.